The summed E-state index contributed by atoms with van der Waals surface area (Å²) in [4.78, 5) is 10.7. The molecule has 8 heteroatoms. The molecule has 6 unspecified atom stereocenters. The van der Waals surface area contributed by atoms with Gasteiger partial charge < -0.3 is 34.6 Å². The molecule has 0 bridgehead atoms. The molecular weight excluding hydrogens is 224 g/mol. The summed E-state index contributed by atoms with van der Waals surface area (Å²) in [6, 6.07) is 0. The Morgan fingerprint density at radius 1 is 1.12 bits per heavy atom. The first kappa shape index (κ1) is 11.7. The number of hydrogen-bond donors (Lipinski definition) is 4. The Morgan fingerprint density at radius 2 is 1.81 bits per heavy atom. The van der Waals surface area contributed by atoms with E-state index in [0.29, 0.717) is 0 Å². The van der Waals surface area contributed by atoms with Crippen LogP contribution in [-0.4, -0.2) is 70.0 Å². The molecule has 0 aromatic heterocycles. The van der Waals surface area contributed by atoms with Gasteiger partial charge in [-0.05, 0) is 0 Å². The highest BCUT2D eigenvalue weighted by Crippen LogP contribution is 2.31. The summed E-state index contributed by atoms with van der Waals surface area (Å²) in [6.45, 7) is -0.492. The minimum absolute atomic E-state index is 0.492. The van der Waals surface area contributed by atoms with Crippen LogP contribution in [0.5, 0.6) is 0 Å². The zero-order valence-corrected chi connectivity index (χ0v) is 8.09. The number of aliphatic hydroxyl groups excluding tert-OH is 3. The van der Waals surface area contributed by atoms with E-state index in [1.54, 1.807) is 0 Å². The maximum absolute atomic E-state index is 10.7. The molecule has 0 spiro atoms. The minimum atomic E-state index is -1.58. The number of carbonyl (C=O) groups is 1. The van der Waals surface area contributed by atoms with Crippen molar-refractivity contribution in [2.75, 3.05) is 6.61 Å². The third kappa shape index (κ3) is 1.79. The number of ether oxygens (including phenoxy) is 3. The largest absolute Gasteiger partial charge is 0.477 e. The molecule has 0 aromatic carbocycles. The van der Waals surface area contributed by atoms with E-state index < -0.39 is 49.6 Å². The third-order valence-corrected chi connectivity index (χ3v) is 2.58. The predicted octanol–water partition coefficient (Wildman–Crippen LogP) is -2.75. The van der Waals surface area contributed by atoms with E-state index >= 15 is 0 Å². The van der Waals surface area contributed by atoms with E-state index in [1.165, 1.54) is 0 Å². The average Bonchev–Trinajstić information content (AvgIpc) is 2.54. The standard InChI is InChI=1S/C8H12O8/c9-1-2-4-5(3(10)7(13)15-4)16-8(14-2)6(11)12/h2-5,7-10,13H,1H2,(H,11,12). The Bertz CT molecular complexity index is 281. The summed E-state index contributed by atoms with van der Waals surface area (Å²) in [5.41, 5.74) is 0. The Morgan fingerprint density at radius 3 is 2.38 bits per heavy atom. The molecule has 0 aromatic rings. The van der Waals surface area contributed by atoms with E-state index in [4.69, 9.17) is 24.4 Å². The van der Waals surface area contributed by atoms with Crippen molar-refractivity contribution in [1.29, 1.82) is 0 Å². The second-order valence-electron chi connectivity index (χ2n) is 3.61. The van der Waals surface area contributed by atoms with Gasteiger partial charge in [0.05, 0.1) is 6.61 Å². The SMILES string of the molecule is O=C(O)C1OC(CO)C2OC(O)C(O)C2O1. The normalized spacial score (nSPS) is 47.7. The molecule has 0 amide bonds. The number of aliphatic carboxylic acids is 1. The van der Waals surface area contributed by atoms with Crippen LogP contribution in [0.2, 0.25) is 0 Å². The van der Waals surface area contributed by atoms with Gasteiger partial charge in [0.15, 0.2) is 6.29 Å². The number of carboxylic acid groups (broad SMARTS) is 1. The van der Waals surface area contributed by atoms with Gasteiger partial charge in [0.25, 0.3) is 6.29 Å². The van der Waals surface area contributed by atoms with Crippen molar-refractivity contribution >= 4 is 5.97 Å². The maximum Gasteiger partial charge on any atom is 0.361 e. The monoisotopic (exact) mass is 236 g/mol. The van der Waals surface area contributed by atoms with Crippen LogP contribution >= 0.6 is 0 Å². The highest BCUT2D eigenvalue weighted by molar-refractivity contribution is 5.70. The molecule has 2 aliphatic rings. The minimum Gasteiger partial charge on any atom is -0.477 e. The van der Waals surface area contributed by atoms with Crippen LogP contribution in [0.4, 0.5) is 0 Å². The number of carboxylic acids is 1. The summed E-state index contributed by atoms with van der Waals surface area (Å²) < 4.78 is 14.7. The van der Waals surface area contributed by atoms with Crippen molar-refractivity contribution in [3.05, 3.63) is 0 Å². The topological polar surface area (TPSA) is 126 Å². The molecule has 8 nitrogen and oxygen atoms in total. The lowest BCUT2D eigenvalue weighted by atomic mass is 10.0. The van der Waals surface area contributed by atoms with Crippen molar-refractivity contribution in [2.24, 2.45) is 0 Å². The summed E-state index contributed by atoms with van der Waals surface area (Å²) in [5.74, 6) is -1.37. The summed E-state index contributed by atoms with van der Waals surface area (Å²) in [5, 5.41) is 36.4. The van der Waals surface area contributed by atoms with Crippen molar-refractivity contribution in [3.63, 3.8) is 0 Å². The molecule has 4 N–H and O–H groups in total. The predicted molar refractivity (Wildman–Crippen MR) is 45.1 cm³/mol. The molecule has 2 heterocycles. The highest BCUT2D eigenvalue weighted by atomic mass is 16.8. The van der Waals surface area contributed by atoms with Crippen molar-refractivity contribution in [3.8, 4) is 0 Å². The van der Waals surface area contributed by atoms with E-state index in [-0.39, 0.29) is 0 Å². The molecule has 2 rings (SSSR count). The van der Waals surface area contributed by atoms with Gasteiger partial charge >= 0.3 is 5.97 Å². The van der Waals surface area contributed by atoms with Gasteiger partial charge in [-0.2, -0.15) is 0 Å². The molecule has 0 saturated carbocycles. The lowest BCUT2D eigenvalue weighted by Gasteiger charge is -2.35. The van der Waals surface area contributed by atoms with Crippen LogP contribution in [0.15, 0.2) is 0 Å². The quantitative estimate of drug-likeness (QED) is 0.406. The van der Waals surface area contributed by atoms with Crippen LogP contribution in [0.3, 0.4) is 0 Å². The number of fused-ring (bicyclic) bond motifs is 1. The third-order valence-electron chi connectivity index (χ3n) is 2.58. The zero-order valence-electron chi connectivity index (χ0n) is 8.09. The molecule has 2 fully saturated rings. The zero-order chi connectivity index (χ0) is 11.9. The average molecular weight is 236 g/mol. The van der Waals surface area contributed by atoms with Gasteiger partial charge in [-0.1, -0.05) is 0 Å². The maximum atomic E-state index is 10.7. The fourth-order valence-corrected chi connectivity index (χ4v) is 1.81. The lowest BCUT2D eigenvalue weighted by molar-refractivity contribution is -0.282. The second-order valence-corrected chi connectivity index (χ2v) is 3.61. The molecule has 0 radical (unpaired) electrons. The number of rotatable bonds is 2. The first-order valence-electron chi connectivity index (χ1n) is 4.70. The van der Waals surface area contributed by atoms with Gasteiger partial charge in [0, 0.05) is 0 Å². The molecule has 2 aliphatic heterocycles. The molecule has 6 atom stereocenters. The van der Waals surface area contributed by atoms with Gasteiger partial charge in [0.2, 0.25) is 0 Å². The Kier molecular flexibility index (Phi) is 3.10. The summed E-state index contributed by atoms with van der Waals surface area (Å²) in [7, 11) is 0. The lowest BCUT2D eigenvalue weighted by Crippen LogP contribution is -2.54. The van der Waals surface area contributed by atoms with Gasteiger partial charge in [0.1, 0.15) is 24.4 Å². The van der Waals surface area contributed by atoms with Gasteiger partial charge in [-0.15, -0.1) is 0 Å². The van der Waals surface area contributed by atoms with Crippen molar-refractivity contribution in [2.45, 2.75) is 37.0 Å². The number of aliphatic hydroxyl groups is 3. The van der Waals surface area contributed by atoms with Crippen LogP contribution < -0.4 is 0 Å². The Labute approximate surface area is 90.0 Å². The van der Waals surface area contributed by atoms with E-state index in [9.17, 15) is 15.0 Å². The van der Waals surface area contributed by atoms with Crippen LogP contribution in [0, 0.1) is 0 Å². The molecule has 2 saturated heterocycles. The molecule has 16 heavy (non-hydrogen) atoms. The Hall–Kier alpha value is -0.770. The van der Waals surface area contributed by atoms with Crippen molar-refractivity contribution in [1.82, 2.24) is 0 Å². The number of hydrogen-bond acceptors (Lipinski definition) is 7. The van der Waals surface area contributed by atoms with E-state index in [1.807, 2.05) is 0 Å². The molecular formula is C8H12O8. The van der Waals surface area contributed by atoms with Crippen LogP contribution in [0.25, 0.3) is 0 Å². The fourth-order valence-electron chi connectivity index (χ4n) is 1.81. The Balaban J connectivity index is 2.15. The molecule has 92 valence electrons. The van der Waals surface area contributed by atoms with Crippen LogP contribution in [0.1, 0.15) is 0 Å². The smallest absolute Gasteiger partial charge is 0.361 e. The summed E-state index contributed by atoms with van der Waals surface area (Å²) >= 11 is 0. The second kappa shape index (κ2) is 4.24. The summed E-state index contributed by atoms with van der Waals surface area (Å²) in [6.07, 6.45) is -7.27. The fraction of sp³-hybridized carbons (Fsp3) is 0.875. The first-order chi connectivity index (χ1) is 7.54. The van der Waals surface area contributed by atoms with Gasteiger partial charge in [-0.3, -0.25) is 0 Å². The molecule has 0 aliphatic carbocycles. The van der Waals surface area contributed by atoms with Crippen LogP contribution in [-0.2, 0) is 19.0 Å². The van der Waals surface area contributed by atoms with E-state index in [2.05, 4.69) is 0 Å². The first-order valence-corrected chi connectivity index (χ1v) is 4.70. The van der Waals surface area contributed by atoms with Crippen molar-refractivity contribution < 1.29 is 39.4 Å². The van der Waals surface area contributed by atoms with E-state index in [0.717, 1.165) is 0 Å². The highest BCUT2D eigenvalue weighted by Gasteiger charge is 2.53. The van der Waals surface area contributed by atoms with Gasteiger partial charge in [-0.25, -0.2) is 4.79 Å².